The largest absolute Gasteiger partial charge is 0.464 e. The maximum atomic E-state index is 5.60. The van der Waals surface area contributed by atoms with E-state index in [1.807, 2.05) is 52.1 Å². The fourth-order valence-corrected chi connectivity index (χ4v) is 2.50. The van der Waals surface area contributed by atoms with E-state index in [0.29, 0.717) is 12.5 Å². The fourth-order valence-electron chi connectivity index (χ4n) is 2.50. The van der Waals surface area contributed by atoms with Gasteiger partial charge < -0.3 is 14.2 Å². The topological polar surface area (TPSA) is 56.7 Å². The van der Waals surface area contributed by atoms with E-state index in [1.165, 1.54) is 0 Å². The van der Waals surface area contributed by atoms with E-state index in [-0.39, 0.29) is 11.8 Å². The van der Waals surface area contributed by atoms with Crippen molar-refractivity contribution in [2.75, 3.05) is 28.2 Å². The maximum Gasteiger partial charge on any atom is 0.228 e. The number of hydrogen-bond donors (Lipinski definition) is 0. The summed E-state index contributed by atoms with van der Waals surface area (Å²) in [5.41, 5.74) is 0. The van der Waals surface area contributed by atoms with Crippen LogP contribution in [0.1, 0.15) is 25.4 Å². The molecule has 6 heteroatoms. The molecule has 0 saturated heterocycles. The lowest BCUT2D eigenvalue weighted by Gasteiger charge is -2.24. The lowest BCUT2D eigenvalue weighted by atomic mass is 9.93. The molecule has 0 aromatic carbocycles. The Balaban J connectivity index is 2.34. The number of aliphatic imine (C=N–C) groups is 3. The minimum atomic E-state index is 0.185. The summed E-state index contributed by atoms with van der Waals surface area (Å²) in [4.78, 5) is 18.1. The van der Waals surface area contributed by atoms with Gasteiger partial charge in [-0.2, -0.15) is 9.98 Å². The molecule has 2 unspecified atom stereocenters. The highest BCUT2D eigenvalue weighted by Gasteiger charge is 2.28. The number of hydrogen-bond acceptors (Lipinski definition) is 5. The summed E-state index contributed by atoms with van der Waals surface area (Å²) in [7, 11) is 7.93. The molecule has 126 valence electrons. The van der Waals surface area contributed by atoms with Gasteiger partial charge in [-0.15, -0.1) is 0 Å². The Kier molecular flexibility index (Phi) is 5.23. The van der Waals surface area contributed by atoms with Crippen molar-refractivity contribution in [1.82, 2.24) is 9.80 Å². The van der Waals surface area contributed by atoms with Crippen LogP contribution in [-0.4, -0.2) is 55.6 Å². The van der Waals surface area contributed by atoms with Gasteiger partial charge in [0.2, 0.25) is 5.96 Å². The van der Waals surface area contributed by atoms with Crippen molar-refractivity contribution < 1.29 is 4.42 Å². The lowest BCUT2D eigenvalue weighted by Crippen LogP contribution is -2.34. The fraction of sp³-hybridized carbons (Fsp3) is 0.588. The normalized spacial score (nSPS) is 23.3. The third-order valence-electron chi connectivity index (χ3n) is 4.04. The summed E-state index contributed by atoms with van der Waals surface area (Å²) in [6.07, 6.45) is 0. The molecule has 0 aliphatic carbocycles. The van der Waals surface area contributed by atoms with Gasteiger partial charge in [-0.25, -0.2) is 0 Å². The molecular weight excluding hydrogens is 290 g/mol. The molecule has 0 N–H and O–H groups in total. The van der Waals surface area contributed by atoms with Crippen molar-refractivity contribution >= 4 is 17.6 Å². The number of nitrogens with zero attached hydrogens (tertiary/aromatic N) is 5. The van der Waals surface area contributed by atoms with Crippen molar-refractivity contribution in [2.45, 2.75) is 27.3 Å². The molecule has 0 amide bonds. The SMILES string of the molecule is Cc1ccc(CN=C2N=C(N(C)C)N=C(N(C)C)C(C)C2C)o1. The lowest BCUT2D eigenvalue weighted by molar-refractivity contribution is 0.483. The molecule has 0 bridgehead atoms. The number of rotatable bonds is 2. The zero-order valence-corrected chi connectivity index (χ0v) is 15.2. The second-order valence-electron chi connectivity index (χ2n) is 6.43. The van der Waals surface area contributed by atoms with Gasteiger partial charge in [-0.3, -0.25) is 4.99 Å². The Morgan fingerprint density at radius 3 is 2.26 bits per heavy atom. The van der Waals surface area contributed by atoms with E-state index >= 15 is 0 Å². The molecule has 2 atom stereocenters. The first kappa shape index (κ1) is 17.2. The molecule has 0 spiro atoms. The molecular formula is C17H27N5O. The van der Waals surface area contributed by atoms with Crippen molar-refractivity contribution in [3.8, 4) is 0 Å². The van der Waals surface area contributed by atoms with Crippen LogP contribution in [0.3, 0.4) is 0 Å². The highest BCUT2D eigenvalue weighted by molar-refractivity contribution is 6.07. The van der Waals surface area contributed by atoms with Gasteiger partial charge >= 0.3 is 0 Å². The van der Waals surface area contributed by atoms with Crippen molar-refractivity contribution in [3.63, 3.8) is 0 Å². The van der Waals surface area contributed by atoms with Gasteiger partial charge in [0, 0.05) is 40.0 Å². The monoisotopic (exact) mass is 317 g/mol. The van der Waals surface area contributed by atoms with E-state index in [1.54, 1.807) is 0 Å². The molecule has 0 saturated carbocycles. The molecule has 2 heterocycles. The van der Waals surface area contributed by atoms with Gasteiger partial charge in [-0.1, -0.05) is 13.8 Å². The summed E-state index contributed by atoms with van der Waals surface area (Å²) in [5, 5.41) is 0. The van der Waals surface area contributed by atoms with Gasteiger partial charge in [0.25, 0.3) is 0 Å². The summed E-state index contributed by atoms with van der Waals surface area (Å²) >= 11 is 0. The molecule has 1 aromatic rings. The van der Waals surface area contributed by atoms with Crippen molar-refractivity contribution in [2.24, 2.45) is 26.8 Å². The quantitative estimate of drug-likeness (QED) is 0.842. The second kappa shape index (κ2) is 6.98. The molecule has 6 nitrogen and oxygen atoms in total. The summed E-state index contributed by atoms with van der Waals surface area (Å²) < 4.78 is 5.60. The number of guanidine groups is 1. The summed E-state index contributed by atoms with van der Waals surface area (Å²) in [6, 6.07) is 3.92. The Morgan fingerprint density at radius 1 is 1.04 bits per heavy atom. The van der Waals surface area contributed by atoms with Crippen LogP contribution in [-0.2, 0) is 6.54 Å². The Bertz CT molecular complexity index is 639. The van der Waals surface area contributed by atoms with Crippen LogP contribution in [0.5, 0.6) is 0 Å². The molecule has 2 rings (SSSR count). The highest BCUT2D eigenvalue weighted by atomic mass is 16.3. The zero-order chi connectivity index (χ0) is 17.1. The van der Waals surface area contributed by atoms with Crippen molar-refractivity contribution in [3.05, 3.63) is 23.7 Å². The van der Waals surface area contributed by atoms with E-state index in [9.17, 15) is 0 Å². The zero-order valence-electron chi connectivity index (χ0n) is 15.2. The Hall–Kier alpha value is -2.11. The van der Waals surface area contributed by atoms with Crippen LogP contribution in [0.2, 0.25) is 0 Å². The average molecular weight is 317 g/mol. The van der Waals surface area contributed by atoms with Crippen LogP contribution < -0.4 is 0 Å². The third-order valence-corrected chi connectivity index (χ3v) is 4.04. The van der Waals surface area contributed by atoms with Crippen LogP contribution >= 0.6 is 0 Å². The van der Waals surface area contributed by atoms with Crippen LogP contribution in [0.15, 0.2) is 31.5 Å². The van der Waals surface area contributed by atoms with Gasteiger partial charge in [0.15, 0.2) is 0 Å². The van der Waals surface area contributed by atoms with Crippen LogP contribution in [0.4, 0.5) is 0 Å². The predicted octanol–water partition coefficient (Wildman–Crippen LogP) is 2.65. The standard InChI is InChI=1S/C17H27N5O/c1-11-8-9-14(23-11)10-18-15-12(2)13(3)16(21(4)5)20-17(19-15)22(6)7/h8-9,12-13H,10H2,1-7H3. The Labute approximate surface area is 138 Å². The summed E-state index contributed by atoms with van der Waals surface area (Å²) in [5.74, 6) is 4.69. The van der Waals surface area contributed by atoms with E-state index in [4.69, 9.17) is 19.4 Å². The second-order valence-corrected chi connectivity index (χ2v) is 6.43. The van der Waals surface area contributed by atoms with Gasteiger partial charge in [0.1, 0.15) is 23.2 Å². The van der Waals surface area contributed by atoms with Crippen LogP contribution in [0.25, 0.3) is 0 Å². The van der Waals surface area contributed by atoms with Gasteiger partial charge in [0.05, 0.1) is 6.54 Å². The molecule has 0 radical (unpaired) electrons. The van der Waals surface area contributed by atoms with E-state index in [2.05, 4.69) is 18.7 Å². The highest BCUT2D eigenvalue weighted by Crippen LogP contribution is 2.21. The minimum Gasteiger partial charge on any atom is -0.464 e. The van der Waals surface area contributed by atoms with E-state index in [0.717, 1.165) is 23.2 Å². The molecule has 0 fully saturated rings. The third kappa shape index (κ3) is 4.00. The smallest absolute Gasteiger partial charge is 0.228 e. The maximum absolute atomic E-state index is 5.60. The number of furan rings is 1. The molecule has 1 aromatic heterocycles. The first-order chi connectivity index (χ1) is 10.8. The predicted molar refractivity (Wildman–Crippen MR) is 95.2 cm³/mol. The molecule has 1 aliphatic rings. The summed E-state index contributed by atoms with van der Waals surface area (Å²) in [6.45, 7) is 6.76. The number of aryl methyl sites for hydroxylation is 1. The first-order valence-electron chi connectivity index (χ1n) is 7.91. The average Bonchev–Trinajstić information content (AvgIpc) is 2.84. The Morgan fingerprint density at radius 2 is 1.74 bits per heavy atom. The number of amidine groups is 2. The first-order valence-corrected chi connectivity index (χ1v) is 7.91. The van der Waals surface area contributed by atoms with Gasteiger partial charge in [-0.05, 0) is 19.1 Å². The van der Waals surface area contributed by atoms with Crippen LogP contribution in [0, 0.1) is 18.8 Å². The van der Waals surface area contributed by atoms with Crippen molar-refractivity contribution in [1.29, 1.82) is 0 Å². The van der Waals surface area contributed by atoms with E-state index < -0.39 is 0 Å². The molecule has 1 aliphatic heterocycles. The minimum absolute atomic E-state index is 0.185. The molecule has 23 heavy (non-hydrogen) atoms.